The normalized spacial score (nSPS) is 14.8. The van der Waals surface area contributed by atoms with Crippen molar-refractivity contribution in [1.82, 2.24) is 10.4 Å². The summed E-state index contributed by atoms with van der Waals surface area (Å²) in [6, 6.07) is 5.23. The maximum absolute atomic E-state index is 12.3. The highest BCUT2D eigenvalue weighted by atomic mass is 16.7. The number of hydrogen-bond donors (Lipinski definition) is 1. The van der Waals surface area contributed by atoms with E-state index in [0.29, 0.717) is 16.4 Å². The summed E-state index contributed by atoms with van der Waals surface area (Å²) in [5.74, 6) is -2.72. The van der Waals surface area contributed by atoms with Gasteiger partial charge in [-0.15, -0.1) is 5.06 Å². The van der Waals surface area contributed by atoms with Gasteiger partial charge in [0.25, 0.3) is 11.8 Å². The first-order valence-corrected chi connectivity index (χ1v) is 7.88. The van der Waals surface area contributed by atoms with Crippen molar-refractivity contribution in [3.05, 3.63) is 29.8 Å². The van der Waals surface area contributed by atoms with Crippen molar-refractivity contribution in [3.63, 3.8) is 0 Å². The largest absolute Gasteiger partial charge is 0.427 e. The number of amides is 3. The molecule has 3 amide bonds. The Balaban J connectivity index is 2.07. The molecule has 0 aromatic heterocycles. The van der Waals surface area contributed by atoms with E-state index in [1.807, 2.05) is 0 Å². The zero-order chi connectivity index (χ0) is 19.3. The number of ether oxygens (including phenoxy) is 1. The summed E-state index contributed by atoms with van der Waals surface area (Å²) in [4.78, 5) is 62.5. The third-order valence-corrected chi connectivity index (χ3v) is 3.47. The fourth-order valence-corrected chi connectivity index (χ4v) is 2.35. The van der Waals surface area contributed by atoms with Gasteiger partial charge in [-0.1, -0.05) is 12.1 Å². The van der Waals surface area contributed by atoms with Crippen LogP contribution in [0.2, 0.25) is 0 Å². The average molecular weight is 362 g/mol. The van der Waals surface area contributed by atoms with Gasteiger partial charge in [0.05, 0.1) is 0 Å². The monoisotopic (exact) mass is 362 g/mol. The Hall–Kier alpha value is -3.23. The van der Waals surface area contributed by atoms with Gasteiger partial charge in [0, 0.05) is 33.1 Å². The highest BCUT2D eigenvalue weighted by molar-refractivity contribution is 6.01. The number of imide groups is 1. The number of nitrogens with zero attached hydrogens (tertiary/aromatic N) is 1. The summed E-state index contributed by atoms with van der Waals surface area (Å²) < 4.78 is 4.92. The molecule has 1 aromatic rings. The van der Waals surface area contributed by atoms with Crippen LogP contribution in [0, 0.1) is 0 Å². The topological polar surface area (TPSA) is 119 Å². The summed E-state index contributed by atoms with van der Waals surface area (Å²) in [6.07, 6.45) is 0.0258. The van der Waals surface area contributed by atoms with Crippen LogP contribution < -0.4 is 10.1 Å². The molecule has 0 radical (unpaired) electrons. The van der Waals surface area contributed by atoms with E-state index in [1.54, 1.807) is 24.3 Å². The number of carbonyl (C=O) groups is 5. The fourth-order valence-electron chi connectivity index (χ4n) is 2.35. The first-order valence-electron chi connectivity index (χ1n) is 7.88. The van der Waals surface area contributed by atoms with Gasteiger partial charge >= 0.3 is 11.9 Å². The van der Waals surface area contributed by atoms with E-state index in [0.717, 1.165) is 0 Å². The molecule has 0 bridgehead atoms. The second-order valence-electron chi connectivity index (χ2n) is 5.69. The third kappa shape index (κ3) is 5.13. The Morgan fingerprint density at radius 1 is 1.08 bits per heavy atom. The Labute approximate surface area is 149 Å². The maximum atomic E-state index is 12.3. The standard InChI is InChI=1S/C17H18N2O7/c1-10(20)18-14(17(24)26-19-15(22)7-8-16(19)23)9-12-3-5-13(6-4-12)25-11(2)21/h3-6,14H,7-9H2,1-2H3,(H,18,20)/t14-/m0/s1. The second kappa shape index (κ2) is 8.24. The van der Waals surface area contributed by atoms with Crippen LogP contribution in [0.15, 0.2) is 24.3 Å². The number of hydroxylamine groups is 2. The number of nitrogens with one attached hydrogen (secondary N) is 1. The van der Waals surface area contributed by atoms with Gasteiger partial charge in [-0.3, -0.25) is 19.2 Å². The summed E-state index contributed by atoms with van der Waals surface area (Å²) in [5, 5.41) is 2.86. The highest BCUT2D eigenvalue weighted by Gasteiger charge is 2.35. The van der Waals surface area contributed by atoms with Crippen LogP contribution in [0.25, 0.3) is 0 Å². The first-order chi connectivity index (χ1) is 12.3. The summed E-state index contributed by atoms with van der Waals surface area (Å²) >= 11 is 0. The van der Waals surface area contributed by atoms with Gasteiger partial charge in [-0.05, 0) is 17.7 Å². The van der Waals surface area contributed by atoms with E-state index in [4.69, 9.17) is 9.57 Å². The summed E-state index contributed by atoms with van der Waals surface area (Å²) in [6.45, 7) is 2.51. The number of carbonyl (C=O) groups excluding carboxylic acids is 5. The molecule has 1 aromatic carbocycles. The molecule has 1 fully saturated rings. The van der Waals surface area contributed by atoms with Gasteiger partial charge in [0.1, 0.15) is 11.8 Å². The SMILES string of the molecule is CC(=O)N[C@@H](Cc1ccc(OC(C)=O)cc1)C(=O)ON1C(=O)CCC1=O. The molecule has 0 aliphatic carbocycles. The number of benzene rings is 1. The van der Waals surface area contributed by atoms with Crippen LogP contribution >= 0.6 is 0 Å². The molecule has 1 saturated heterocycles. The molecule has 1 N–H and O–H groups in total. The molecule has 9 nitrogen and oxygen atoms in total. The molecule has 1 aliphatic rings. The molecule has 138 valence electrons. The predicted octanol–water partition coefficient (Wildman–Crippen LogP) is 0.266. The van der Waals surface area contributed by atoms with Crippen molar-refractivity contribution < 1.29 is 33.5 Å². The van der Waals surface area contributed by atoms with Crippen LogP contribution in [0.3, 0.4) is 0 Å². The van der Waals surface area contributed by atoms with Crippen LogP contribution in [0.1, 0.15) is 32.3 Å². The van der Waals surface area contributed by atoms with E-state index in [9.17, 15) is 24.0 Å². The van der Waals surface area contributed by atoms with Crippen molar-refractivity contribution in [2.75, 3.05) is 0 Å². The molecule has 1 aliphatic heterocycles. The quantitative estimate of drug-likeness (QED) is 0.438. The first kappa shape index (κ1) is 19.1. The van der Waals surface area contributed by atoms with Crippen molar-refractivity contribution in [2.45, 2.75) is 39.2 Å². The van der Waals surface area contributed by atoms with Gasteiger partial charge in [-0.25, -0.2) is 4.79 Å². The van der Waals surface area contributed by atoms with Crippen LogP contribution in [0.4, 0.5) is 0 Å². The third-order valence-electron chi connectivity index (χ3n) is 3.47. The van der Waals surface area contributed by atoms with E-state index < -0.39 is 35.7 Å². The molecule has 1 heterocycles. The number of hydrogen-bond acceptors (Lipinski definition) is 7. The van der Waals surface area contributed by atoms with Gasteiger partial charge < -0.3 is 14.9 Å². The fraction of sp³-hybridized carbons (Fsp3) is 0.353. The maximum Gasteiger partial charge on any atom is 0.355 e. The molecule has 0 unspecified atom stereocenters. The lowest BCUT2D eigenvalue weighted by molar-refractivity contribution is -0.199. The molecule has 9 heteroatoms. The second-order valence-corrected chi connectivity index (χ2v) is 5.69. The predicted molar refractivity (Wildman–Crippen MR) is 86.2 cm³/mol. The van der Waals surface area contributed by atoms with E-state index in [2.05, 4.69) is 5.32 Å². The lowest BCUT2D eigenvalue weighted by Gasteiger charge is -2.19. The molecular formula is C17H18N2O7. The molecule has 1 atom stereocenters. The minimum Gasteiger partial charge on any atom is -0.427 e. The average Bonchev–Trinajstić information content (AvgIpc) is 2.87. The molecule has 2 rings (SSSR count). The Morgan fingerprint density at radius 2 is 1.65 bits per heavy atom. The minimum atomic E-state index is -1.09. The molecule has 26 heavy (non-hydrogen) atoms. The van der Waals surface area contributed by atoms with Crippen LogP contribution in [-0.4, -0.2) is 40.8 Å². The van der Waals surface area contributed by atoms with Crippen molar-refractivity contribution >= 4 is 29.7 Å². The van der Waals surface area contributed by atoms with Crippen LogP contribution in [0.5, 0.6) is 5.75 Å². The molecule has 0 spiro atoms. The lowest BCUT2D eigenvalue weighted by Crippen LogP contribution is -2.45. The van der Waals surface area contributed by atoms with Gasteiger partial charge in [0.2, 0.25) is 5.91 Å². The summed E-state index contributed by atoms with van der Waals surface area (Å²) in [7, 11) is 0. The van der Waals surface area contributed by atoms with E-state index >= 15 is 0 Å². The number of esters is 1. The molecular weight excluding hydrogens is 344 g/mol. The smallest absolute Gasteiger partial charge is 0.355 e. The molecule has 0 saturated carbocycles. The Bertz CT molecular complexity index is 726. The zero-order valence-corrected chi connectivity index (χ0v) is 14.3. The van der Waals surface area contributed by atoms with E-state index in [1.165, 1.54) is 13.8 Å². The van der Waals surface area contributed by atoms with Crippen molar-refractivity contribution in [2.24, 2.45) is 0 Å². The van der Waals surface area contributed by atoms with Crippen molar-refractivity contribution in [1.29, 1.82) is 0 Å². The van der Waals surface area contributed by atoms with Crippen LogP contribution in [-0.2, 0) is 35.2 Å². The Morgan fingerprint density at radius 3 is 2.15 bits per heavy atom. The lowest BCUT2D eigenvalue weighted by atomic mass is 10.1. The zero-order valence-electron chi connectivity index (χ0n) is 14.3. The van der Waals surface area contributed by atoms with E-state index in [-0.39, 0.29) is 19.3 Å². The summed E-state index contributed by atoms with van der Waals surface area (Å²) in [5.41, 5.74) is 0.649. The van der Waals surface area contributed by atoms with Gasteiger partial charge in [-0.2, -0.15) is 0 Å². The minimum absolute atomic E-state index is 0.0193. The van der Waals surface area contributed by atoms with Gasteiger partial charge in [0.15, 0.2) is 0 Å². The highest BCUT2D eigenvalue weighted by Crippen LogP contribution is 2.16. The number of rotatable bonds is 6. The Kier molecular flexibility index (Phi) is 6.05. The van der Waals surface area contributed by atoms with Crippen molar-refractivity contribution in [3.8, 4) is 5.75 Å².